The summed E-state index contributed by atoms with van der Waals surface area (Å²) in [7, 11) is 0. The van der Waals surface area contributed by atoms with Crippen molar-refractivity contribution in [3.05, 3.63) is 64.7 Å². The number of hydrogen-bond acceptors (Lipinski definition) is 3. The number of nitrogens with one attached hydrogen (secondary N) is 2. The van der Waals surface area contributed by atoms with E-state index in [-0.39, 0.29) is 11.8 Å². The maximum absolute atomic E-state index is 13.0. The first kappa shape index (κ1) is 18.8. The van der Waals surface area contributed by atoms with Crippen LogP contribution in [-0.2, 0) is 21.5 Å². The number of halogens is 1. The molecule has 0 atom stereocenters. The van der Waals surface area contributed by atoms with Crippen LogP contribution in [0.15, 0.2) is 48.5 Å². The number of benzene rings is 2. The van der Waals surface area contributed by atoms with Crippen molar-refractivity contribution in [1.29, 1.82) is 0 Å². The maximum Gasteiger partial charge on any atom is 0.239 e. The molecule has 0 bridgehead atoms. The third-order valence-corrected chi connectivity index (χ3v) is 6.05. The SMILES string of the molecule is O=C1CN(c2ccc(CNC(=O)C3(c4cccc(Cl)c4)CCC3)cc2)CCN1. The number of piperazine rings is 1. The summed E-state index contributed by atoms with van der Waals surface area (Å²) in [5.74, 6) is 0.118. The van der Waals surface area contributed by atoms with Crippen molar-refractivity contribution in [3.63, 3.8) is 0 Å². The predicted octanol–water partition coefficient (Wildman–Crippen LogP) is 3.01. The zero-order valence-corrected chi connectivity index (χ0v) is 16.5. The minimum Gasteiger partial charge on any atom is -0.360 e. The summed E-state index contributed by atoms with van der Waals surface area (Å²) >= 11 is 6.14. The number of carbonyl (C=O) groups excluding carboxylic acids is 2. The predicted molar refractivity (Wildman–Crippen MR) is 110 cm³/mol. The molecule has 2 N–H and O–H groups in total. The van der Waals surface area contributed by atoms with Gasteiger partial charge in [0.2, 0.25) is 11.8 Å². The lowest BCUT2D eigenvalue weighted by molar-refractivity contribution is -0.130. The lowest BCUT2D eigenvalue weighted by Gasteiger charge is -2.40. The maximum atomic E-state index is 13.0. The third-order valence-electron chi connectivity index (χ3n) is 5.81. The normalized spacial score (nSPS) is 18.2. The van der Waals surface area contributed by atoms with Crippen LogP contribution in [0.4, 0.5) is 5.69 Å². The van der Waals surface area contributed by atoms with Crippen molar-refractivity contribution < 1.29 is 9.59 Å². The monoisotopic (exact) mass is 397 g/mol. The Hall–Kier alpha value is -2.53. The molecule has 1 saturated carbocycles. The molecule has 0 aromatic heterocycles. The molecule has 1 aliphatic carbocycles. The van der Waals surface area contributed by atoms with E-state index in [0.717, 1.165) is 42.6 Å². The fraction of sp³-hybridized carbons (Fsp3) is 0.364. The zero-order valence-electron chi connectivity index (χ0n) is 15.7. The molecule has 6 heteroatoms. The molecule has 2 aliphatic rings. The van der Waals surface area contributed by atoms with Crippen molar-refractivity contribution in [1.82, 2.24) is 10.6 Å². The quantitative estimate of drug-likeness (QED) is 0.815. The standard InChI is InChI=1S/C22H24ClN3O2/c23-18-4-1-3-17(13-18)22(9-2-10-22)21(28)25-14-16-5-7-19(8-6-16)26-12-11-24-20(27)15-26/h1,3-8,13H,2,9-12,14-15H2,(H,24,27)(H,25,28). The van der Waals surface area contributed by atoms with E-state index in [0.29, 0.717) is 24.7 Å². The van der Waals surface area contributed by atoms with E-state index in [2.05, 4.69) is 15.5 Å². The number of amides is 2. The van der Waals surface area contributed by atoms with E-state index in [1.807, 2.05) is 48.5 Å². The van der Waals surface area contributed by atoms with Crippen LogP contribution in [0.2, 0.25) is 5.02 Å². The number of nitrogens with zero attached hydrogens (tertiary/aromatic N) is 1. The van der Waals surface area contributed by atoms with E-state index in [1.54, 1.807) is 0 Å². The summed E-state index contributed by atoms with van der Waals surface area (Å²) < 4.78 is 0. The minimum absolute atomic E-state index is 0.0504. The van der Waals surface area contributed by atoms with Crippen LogP contribution in [0.25, 0.3) is 0 Å². The van der Waals surface area contributed by atoms with E-state index < -0.39 is 5.41 Å². The number of carbonyl (C=O) groups is 2. The Balaban J connectivity index is 1.40. The van der Waals surface area contributed by atoms with Gasteiger partial charge in [0, 0.05) is 30.3 Å². The van der Waals surface area contributed by atoms with Crippen molar-refractivity contribution in [2.24, 2.45) is 0 Å². The van der Waals surface area contributed by atoms with Gasteiger partial charge in [-0.1, -0.05) is 42.3 Å². The van der Waals surface area contributed by atoms with Crippen LogP contribution in [0.3, 0.4) is 0 Å². The van der Waals surface area contributed by atoms with Crippen molar-refractivity contribution in [2.45, 2.75) is 31.2 Å². The summed E-state index contributed by atoms with van der Waals surface area (Å²) in [4.78, 5) is 26.6. The Bertz CT molecular complexity index is 878. The van der Waals surface area contributed by atoms with Crippen LogP contribution >= 0.6 is 11.6 Å². The molecule has 1 heterocycles. The van der Waals surface area contributed by atoms with Gasteiger partial charge in [-0.2, -0.15) is 0 Å². The van der Waals surface area contributed by atoms with Crippen molar-refractivity contribution in [2.75, 3.05) is 24.5 Å². The van der Waals surface area contributed by atoms with Gasteiger partial charge in [0.25, 0.3) is 0 Å². The first-order valence-electron chi connectivity index (χ1n) is 9.72. The topological polar surface area (TPSA) is 61.4 Å². The molecule has 2 aromatic carbocycles. The molecule has 0 spiro atoms. The number of hydrogen-bond donors (Lipinski definition) is 2. The summed E-state index contributed by atoms with van der Waals surface area (Å²) in [6.45, 7) is 2.35. The summed E-state index contributed by atoms with van der Waals surface area (Å²) in [6, 6.07) is 15.7. The van der Waals surface area contributed by atoms with Crippen LogP contribution < -0.4 is 15.5 Å². The highest BCUT2D eigenvalue weighted by Gasteiger charge is 2.45. The van der Waals surface area contributed by atoms with E-state index >= 15 is 0 Å². The lowest BCUT2D eigenvalue weighted by Crippen LogP contribution is -2.49. The van der Waals surface area contributed by atoms with Gasteiger partial charge in [-0.15, -0.1) is 0 Å². The van der Waals surface area contributed by atoms with Crippen molar-refractivity contribution >= 4 is 29.1 Å². The average Bonchev–Trinajstić information content (AvgIpc) is 2.66. The fourth-order valence-corrected chi connectivity index (χ4v) is 4.19. The van der Waals surface area contributed by atoms with Gasteiger partial charge in [-0.05, 0) is 48.2 Å². The average molecular weight is 398 g/mol. The molecule has 2 amide bonds. The first-order valence-corrected chi connectivity index (χ1v) is 10.1. The number of anilines is 1. The molecule has 5 nitrogen and oxygen atoms in total. The largest absolute Gasteiger partial charge is 0.360 e. The summed E-state index contributed by atoms with van der Waals surface area (Å²) in [5, 5.41) is 6.60. The fourth-order valence-electron chi connectivity index (χ4n) is 4.00. The molecule has 146 valence electrons. The number of rotatable bonds is 5. The second-order valence-electron chi connectivity index (χ2n) is 7.57. The lowest BCUT2D eigenvalue weighted by atomic mass is 9.64. The molecule has 28 heavy (non-hydrogen) atoms. The zero-order chi connectivity index (χ0) is 19.6. The van der Waals surface area contributed by atoms with Gasteiger partial charge < -0.3 is 15.5 Å². The Morgan fingerprint density at radius 3 is 2.61 bits per heavy atom. The summed E-state index contributed by atoms with van der Waals surface area (Å²) in [5.41, 5.74) is 2.62. The second kappa shape index (κ2) is 7.84. The van der Waals surface area contributed by atoms with Gasteiger partial charge >= 0.3 is 0 Å². The third kappa shape index (κ3) is 3.72. The molecule has 2 aromatic rings. The molecular formula is C22H24ClN3O2. The van der Waals surface area contributed by atoms with Gasteiger partial charge in [0.15, 0.2) is 0 Å². The van der Waals surface area contributed by atoms with Crippen LogP contribution in [0.5, 0.6) is 0 Å². The van der Waals surface area contributed by atoms with Crippen LogP contribution in [0.1, 0.15) is 30.4 Å². The Kier molecular flexibility index (Phi) is 5.27. The molecular weight excluding hydrogens is 374 g/mol. The Morgan fingerprint density at radius 1 is 1.18 bits per heavy atom. The molecule has 0 unspecified atom stereocenters. The Labute approximate surface area is 170 Å². The highest BCUT2D eigenvalue weighted by Crippen LogP contribution is 2.44. The van der Waals surface area contributed by atoms with Crippen LogP contribution in [0, 0.1) is 0 Å². The van der Waals surface area contributed by atoms with E-state index in [4.69, 9.17) is 11.6 Å². The molecule has 0 radical (unpaired) electrons. The highest BCUT2D eigenvalue weighted by molar-refractivity contribution is 6.30. The highest BCUT2D eigenvalue weighted by atomic mass is 35.5. The second-order valence-corrected chi connectivity index (χ2v) is 8.00. The van der Waals surface area contributed by atoms with Gasteiger partial charge in [0.1, 0.15) is 0 Å². The van der Waals surface area contributed by atoms with E-state index in [1.165, 1.54) is 0 Å². The van der Waals surface area contributed by atoms with Gasteiger partial charge in [0.05, 0.1) is 12.0 Å². The van der Waals surface area contributed by atoms with Crippen molar-refractivity contribution in [3.8, 4) is 0 Å². The smallest absolute Gasteiger partial charge is 0.239 e. The molecule has 4 rings (SSSR count). The van der Waals surface area contributed by atoms with Gasteiger partial charge in [-0.25, -0.2) is 0 Å². The van der Waals surface area contributed by atoms with Crippen LogP contribution in [-0.4, -0.2) is 31.4 Å². The molecule has 1 saturated heterocycles. The first-order chi connectivity index (χ1) is 13.6. The molecule has 2 fully saturated rings. The Morgan fingerprint density at radius 2 is 1.96 bits per heavy atom. The minimum atomic E-state index is -0.452. The van der Waals surface area contributed by atoms with Gasteiger partial charge in [-0.3, -0.25) is 9.59 Å². The van der Waals surface area contributed by atoms with E-state index in [9.17, 15) is 9.59 Å². The summed E-state index contributed by atoms with van der Waals surface area (Å²) in [6.07, 6.45) is 2.77. The molecule has 1 aliphatic heterocycles.